The molecule has 7 rings (SSSR count). The van der Waals surface area contributed by atoms with Crippen molar-refractivity contribution in [3.05, 3.63) is 97.6 Å². The number of aromatic nitrogens is 1. The van der Waals surface area contributed by atoms with Crippen molar-refractivity contribution in [2.75, 3.05) is 19.8 Å². The van der Waals surface area contributed by atoms with E-state index in [0.29, 0.717) is 111 Å². The van der Waals surface area contributed by atoms with E-state index in [0.717, 1.165) is 73.8 Å². The summed E-state index contributed by atoms with van der Waals surface area (Å²) in [6.45, 7) is 7.13. The van der Waals surface area contributed by atoms with Gasteiger partial charge in [0.25, 0.3) is 0 Å². The van der Waals surface area contributed by atoms with Crippen LogP contribution in [0.1, 0.15) is 110 Å². The van der Waals surface area contributed by atoms with E-state index in [-0.39, 0.29) is 47.5 Å². The van der Waals surface area contributed by atoms with Gasteiger partial charge in [-0.1, -0.05) is 32.8 Å². The Morgan fingerprint density at radius 2 is 1.00 bits per heavy atom. The molecule has 0 bridgehead atoms. The molecule has 2 aliphatic carbocycles. The van der Waals surface area contributed by atoms with Crippen LogP contribution in [-0.4, -0.2) is 55.0 Å². The smallest absolute Gasteiger partial charge is 0.330 e. The summed E-state index contributed by atoms with van der Waals surface area (Å²) in [6.07, 6.45) is 14.6. The normalized spacial score (nSPS) is 17.9. The number of rotatable bonds is 24. The van der Waals surface area contributed by atoms with Crippen LogP contribution < -0.4 is 28.4 Å². The van der Waals surface area contributed by atoms with E-state index in [4.69, 9.17) is 38.1 Å². The van der Waals surface area contributed by atoms with Crippen molar-refractivity contribution < 1.29 is 57.1 Å². The van der Waals surface area contributed by atoms with Gasteiger partial charge in [0.1, 0.15) is 40.8 Å². The summed E-state index contributed by atoms with van der Waals surface area (Å²) in [4.78, 5) is 67.2. The maximum atomic E-state index is 13.5. The fourth-order valence-electron chi connectivity index (χ4n) is 8.81. The van der Waals surface area contributed by atoms with Gasteiger partial charge in [0.15, 0.2) is 0 Å². The number of aldehydes is 1. The molecule has 2 fully saturated rings. The van der Waals surface area contributed by atoms with Crippen LogP contribution in [0.5, 0.6) is 40.4 Å². The first kappa shape index (κ1) is 50.1. The van der Waals surface area contributed by atoms with E-state index in [1.54, 1.807) is 48.5 Å². The Hall–Kier alpha value is -6.76. The molecule has 0 aliphatic heterocycles. The van der Waals surface area contributed by atoms with Crippen LogP contribution in [-0.2, 0) is 28.7 Å². The van der Waals surface area contributed by atoms with Gasteiger partial charge in [0.05, 0.1) is 43.1 Å². The third-order valence-corrected chi connectivity index (χ3v) is 12.9. The quantitative estimate of drug-likeness (QED) is 0.0144. The number of carbonyl (C=O) groups is 5. The lowest BCUT2D eigenvalue weighted by molar-refractivity contribution is -0.145. The van der Waals surface area contributed by atoms with E-state index in [1.807, 2.05) is 36.4 Å². The zero-order chi connectivity index (χ0) is 48.4. The first-order valence-corrected chi connectivity index (χ1v) is 24.6. The molecule has 0 atom stereocenters. The van der Waals surface area contributed by atoms with E-state index in [1.165, 1.54) is 6.42 Å². The largest absolute Gasteiger partial charge is 0.494 e. The Morgan fingerprint density at radius 1 is 0.536 bits per heavy atom. The molecule has 0 saturated heterocycles. The molecule has 1 heterocycles. The number of unbranched alkanes of at least 4 members (excludes halogenated alkanes) is 6. The topological polar surface area (TPSA) is 163 Å². The fraction of sp³-hybridized carbons (Fsp3) is 0.429. The predicted molar refractivity (Wildman–Crippen MR) is 261 cm³/mol. The predicted octanol–water partition coefficient (Wildman–Crippen LogP) is 12.0. The molecule has 69 heavy (non-hydrogen) atoms. The number of fused-ring (bicyclic) bond motifs is 3. The van der Waals surface area contributed by atoms with Crippen molar-refractivity contribution in [3.63, 3.8) is 0 Å². The first-order chi connectivity index (χ1) is 33.7. The highest BCUT2D eigenvalue weighted by molar-refractivity contribution is 6.08. The van der Waals surface area contributed by atoms with Gasteiger partial charge in [0.2, 0.25) is 5.88 Å². The van der Waals surface area contributed by atoms with Gasteiger partial charge in [-0.3, -0.25) is 14.4 Å². The van der Waals surface area contributed by atoms with Gasteiger partial charge in [-0.25, -0.2) is 9.78 Å². The second kappa shape index (κ2) is 25.6. The second-order valence-electron chi connectivity index (χ2n) is 18.0. The Bertz CT molecular complexity index is 2520. The average Bonchev–Trinajstić information content (AvgIpc) is 3.38. The van der Waals surface area contributed by atoms with Crippen molar-refractivity contribution in [2.24, 2.45) is 23.7 Å². The van der Waals surface area contributed by atoms with Gasteiger partial charge < -0.3 is 38.0 Å². The number of hydrogen-bond acceptors (Lipinski definition) is 13. The van der Waals surface area contributed by atoms with Crippen LogP contribution in [0.4, 0.5) is 0 Å². The summed E-state index contributed by atoms with van der Waals surface area (Å²) in [6, 6.07) is 25.0. The molecule has 0 amide bonds. The van der Waals surface area contributed by atoms with E-state index in [2.05, 4.69) is 13.5 Å². The van der Waals surface area contributed by atoms with E-state index in [9.17, 15) is 24.0 Å². The molecule has 0 unspecified atom stereocenters. The molecule has 2 saturated carbocycles. The monoisotopic (exact) mass is 941 g/mol. The molecular weight excluding hydrogens is 879 g/mol. The summed E-state index contributed by atoms with van der Waals surface area (Å²) in [5.74, 6) is 0.905. The molecule has 0 radical (unpaired) electrons. The molecule has 1 aromatic heterocycles. The standard InChI is InChI=1S/C56H63NO12/c1-3-5-6-9-32-63-42-20-24-44(25-21-42)66-53-50-35-46(68-55(61)39-14-12-38(37-58)13-15-39)28-30-48(50)49-31-29-47(36-51(49)57-53)69-56(62)41-18-16-40(17-19-41)54(60)67-45-26-22-43(23-27-45)64-33-10-7-8-11-34-65-52(59)4-2/h4,20-31,35-41H,2-3,5-19,32-34H2,1H3. The van der Waals surface area contributed by atoms with Crippen molar-refractivity contribution in [1.82, 2.24) is 4.98 Å². The van der Waals surface area contributed by atoms with Crippen LogP contribution in [0.25, 0.3) is 21.7 Å². The summed E-state index contributed by atoms with van der Waals surface area (Å²) >= 11 is 0. The van der Waals surface area contributed by atoms with Gasteiger partial charge in [-0.15, -0.1) is 0 Å². The third kappa shape index (κ3) is 14.6. The third-order valence-electron chi connectivity index (χ3n) is 12.9. The van der Waals surface area contributed by atoms with Crippen LogP contribution >= 0.6 is 0 Å². The van der Waals surface area contributed by atoms with E-state index < -0.39 is 5.97 Å². The minimum atomic E-state index is -0.406. The summed E-state index contributed by atoms with van der Waals surface area (Å²) in [7, 11) is 0. The molecular formula is C56H63NO12. The van der Waals surface area contributed by atoms with Crippen LogP contribution in [0, 0.1) is 23.7 Å². The highest BCUT2D eigenvalue weighted by atomic mass is 16.5. The van der Waals surface area contributed by atoms with E-state index >= 15 is 0 Å². The summed E-state index contributed by atoms with van der Waals surface area (Å²) in [5.41, 5.74) is 0.537. The van der Waals surface area contributed by atoms with Gasteiger partial charge in [0, 0.05) is 28.8 Å². The van der Waals surface area contributed by atoms with Gasteiger partial charge in [-0.2, -0.15) is 0 Å². The number of hydrogen-bond donors (Lipinski definition) is 0. The zero-order valence-electron chi connectivity index (χ0n) is 39.5. The molecule has 364 valence electrons. The minimum absolute atomic E-state index is 0.00987. The molecule has 4 aromatic carbocycles. The Labute approximate surface area is 403 Å². The van der Waals surface area contributed by atoms with Gasteiger partial charge >= 0.3 is 23.9 Å². The zero-order valence-corrected chi connectivity index (χ0v) is 39.5. The van der Waals surface area contributed by atoms with Crippen LogP contribution in [0.15, 0.2) is 97.6 Å². The number of pyridine rings is 1. The van der Waals surface area contributed by atoms with Crippen LogP contribution in [0.3, 0.4) is 0 Å². The van der Waals surface area contributed by atoms with Crippen molar-refractivity contribution in [3.8, 4) is 40.4 Å². The highest BCUT2D eigenvalue weighted by Gasteiger charge is 2.33. The number of benzene rings is 4. The number of nitrogens with zero attached hydrogens (tertiary/aromatic N) is 1. The molecule has 13 nitrogen and oxygen atoms in total. The average molecular weight is 942 g/mol. The highest BCUT2D eigenvalue weighted by Crippen LogP contribution is 2.39. The Kier molecular flexibility index (Phi) is 18.6. The Balaban J connectivity index is 0.949. The Morgan fingerprint density at radius 3 is 1.55 bits per heavy atom. The number of ether oxygens (including phenoxy) is 7. The summed E-state index contributed by atoms with van der Waals surface area (Å²) in [5, 5.41) is 2.21. The molecule has 13 heteroatoms. The van der Waals surface area contributed by atoms with Gasteiger partial charge in [-0.05, 0) is 168 Å². The SMILES string of the molecule is C=CC(=O)OCCCCCCOc1ccc(OC(=O)C2CCC(C(=O)Oc3ccc4c(c3)nc(Oc3ccc(OCCCCCC)cc3)c3cc(OC(=O)C5CCC(C=O)CC5)ccc34)CC2)cc1. The molecule has 0 spiro atoms. The molecule has 0 N–H and O–H groups in total. The maximum Gasteiger partial charge on any atom is 0.330 e. The minimum Gasteiger partial charge on any atom is -0.494 e. The lowest BCUT2D eigenvalue weighted by Crippen LogP contribution is -2.30. The van der Waals surface area contributed by atoms with Crippen LogP contribution in [0.2, 0.25) is 0 Å². The first-order valence-electron chi connectivity index (χ1n) is 24.6. The lowest BCUT2D eigenvalue weighted by atomic mass is 9.82. The molecule has 5 aromatic rings. The van der Waals surface area contributed by atoms with Crippen molar-refractivity contribution in [1.29, 1.82) is 0 Å². The molecule has 2 aliphatic rings. The fourth-order valence-corrected chi connectivity index (χ4v) is 8.81. The second-order valence-corrected chi connectivity index (χ2v) is 18.0. The van der Waals surface area contributed by atoms with Crippen molar-refractivity contribution in [2.45, 2.75) is 110 Å². The maximum absolute atomic E-state index is 13.5. The number of carbonyl (C=O) groups excluding carboxylic acids is 5. The summed E-state index contributed by atoms with van der Waals surface area (Å²) < 4.78 is 40.7. The van der Waals surface area contributed by atoms with Crippen molar-refractivity contribution >= 4 is 51.8 Å². The lowest BCUT2D eigenvalue weighted by Gasteiger charge is -2.25. The number of esters is 4.